The van der Waals surface area contributed by atoms with E-state index in [0.717, 1.165) is 0 Å². The van der Waals surface area contributed by atoms with Crippen LogP contribution in [0.3, 0.4) is 0 Å². The van der Waals surface area contributed by atoms with E-state index in [1.165, 1.54) is 16.7 Å². The van der Waals surface area contributed by atoms with Crippen molar-refractivity contribution >= 4 is 23.6 Å². The van der Waals surface area contributed by atoms with E-state index >= 15 is 0 Å². The third-order valence-electron chi connectivity index (χ3n) is 2.45. The average Bonchev–Trinajstić information content (AvgIpc) is 2.78. The third kappa shape index (κ3) is 2.04. The van der Waals surface area contributed by atoms with Crippen molar-refractivity contribution < 1.29 is 14.7 Å². The molecular weight excluding hydrogens is 226 g/mol. The second-order valence-corrected chi connectivity index (χ2v) is 4.49. The number of hydrogen-bond donors (Lipinski definition) is 1. The molecule has 1 N–H and O–H groups in total. The molecule has 0 aromatic heterocycles. The monoisotopic (exact) mass is 237 g/mol. The summed E-state index contributed by atoms with van der Waals surface area (Å²) in [6, 6.07) is 8.06. The maximum atomic E-state index is 12.0. The molecule has 0 spiro atoms. The largest absolute Gasteiger partial charge is 0.480 e. The molecule has 1 unspecified atom stereocenters. The van der Waals surface area contributed by atoms with Crippen molar-refractivity contribution in [1.82, 2.24) is 4.90 Å². The number of hydrogen-bond acceptors (Lipinski definition) is 3. The Bertz CT molecular complexity index is 407. The smallest absolute Gasteiger partial charge is 0.327 e. The molecule has 0 saturated carbocycles. The topological polar surface area (TPSA) is 57.6 Å². The Balaban J connectivity index is 2.19. The first-order valence-corrected chi connectivity index (χ1v) is 6.02. The van der Waals surface area contributed by atoms with Gasteiger partial charge in [-0.15, -0.1) is 11.8 Å². The van der Waals surface area contributed by atoms with Crippen molar-refractivity contribution in [3.05, 3.63) is 35.9 Å². The highest BCUT2D eigenvalue weighted by atomic mass is 32.2. The van der Waals surface area contributed by atoms with Crippen LogP contribution < -0.4 is 0 Å². The zero-order chi connectivity index (χ0) is 11.5. The zero-order valence-electron chi connectivity index (χ0n) is 8.50. The first kappa shape index (κ1) is 11.0. The molecule has 84 valence electrons. The standard InChI is InChI=1S/C11H11NO3S/c13-10(8-4-2-1-3-5-8)12-7-16-6-9(12)11(14)15/h1-5,9H,6-7H2,(H,14,15). The van der Waals surface area contributed by atoms with E-state index in [2.05, 4.69) is 0 Å². The Kier molecular flexibility index (Phi) is 3.14. The fourth-order valence-corrected chi connectivity index (χ4v) is 2.74. The fourth-order valence-electron chi connectivity index (χ4n) is 1.59. The second kappa shape index (κ2) is 4.57. The van der Waals surface area contributed by atoms with Crippen LogP contribution >= 0.6 is 11.8 Å². The summed E-state index contributed by atoms with van der Waals surface area (Å²) in [4.78, 5) is 24.4. The molecule has 1 aliphatic rings. The molecular formula is C11H11NO3S. The summed E-state index contributed by atoms with van der Waals surface area (Å²) in [6.07, 6.45) is 0. The molecule has 1 aromatic rings. The molecule has 0 bridgehead atoms. The number of carbonyl (C=O) groups excluding carboxylic acids is 1. The minimum Gasteiger partial charge on any atom is -0.480 e. The van der Waals surface area contributed by atoms with Crippen molar-refractivity contribution in [2.24, 2.45) is 0 Å². The molecule has 16 heavy (non-hydrogen) atoms. The summed E-state index contributed by atoms with van der Waals surface area (Å²) in [5, 5.41) is 8.97. The van der Waals surface area contributed by atoms with E-state index in [0.29, 0.717) is 17.2 Å². The quantitative estimate of drug-likeness (QED) is 0.842. The molecule has 2 rings (SSSR count). The van der Waals surface area contributed by atoms with E-state index in [4.69, 9.17) is 5.11 Å². The minimum absolute atomic E-state index is 0.210. The molecule has 4 nitrogen and oxygen atoms in total. The van der Waals surface area contributed by atoms with Crippen LogP contribution in [0.2, 0.25) is 0 Å². The van der Waals surface area contributed by atoms with Crippen LogP contribution in [0, 0.1) is 0 Å². The molecule has 1 amide bonds. The maximum absolute atomic E-state index is 12.0. The molecule has 1 fully saturated rings. The van der Waals surface area contributed by atoms with Crippen LogP contribution in [0.1, 0.15) is 10.4 Å². The minimum atomic E-state index is -0.936. The van der Waals surface area contributed by atoms with E-state index in [1.807, 2.05) is 6.07 Å². The summed E-state index contributed by atoms with van der Waals surface area (Å²) in [7, 11) is 0. The van der Waals surface area contributed by atoms with Crippen molar-refractivity contribution in [1.29, 1.82) is 0 Å². The van der Waals surface area contributed by atoms with Gasteiger partial charge in [-0.25, -0.2) is 4.79 Å². The van der Waals surface area contributed by atoms with Gasteiger partial charge in [0, 0.05) is 11.3 Å². The lowest BCUT2D eigenvalue weighted by Gasteiger charge is -2.20. The number of thioether (sulfide) groups is 1. The number of aliphatic carboxylic acids is 1. The van der Waals surface area contributed by atoms with Crippen LogP contribution in [0.25, 0.3) is 0 Å². The first-order valence-electron chi connectivity index (χ1n) is 4.86. The van der Waals surface area contributed by atoms with Crippen LogP contribution in [0.5, 0.6) is 0 Å². The molecule has 1 aromatic carbocycles. The molecule has 0 radical (unpaired) electrons. The van der Waals surface area contributed by atoms with Crippen LogP contribution in [-0.4, -0.2) is 39.6 Å². The molecule has 5 heteroatoms. The number of amides is 1. The third-order valence-corrected chi connectivity index (χ3v) is 3.46. The Labute approximate surface area is 97.3 Å². The number of carboxylic acid groups (broad SMARTS) is 1. The van der Waals surface area contributed by atoms with E-state index in [1.54, 1.807) is 24.3 Å². The predicted molar refractivity (Wildman–Crippen MR) is 61.4 cm³/mol. The zero-order valence-corrected chi connectivity index (χ0v) is 9.31. The average molecular weight is 237 g/mol. The van der Waals surface area contributed by atoms with Gasteiger partial charge >= 0.3 is 5.97 Å². The van der Waals surface area contributed by atoms with E-state index in [9.17, 15) is 9.59 Å². The van der Waals surface area contributed by atoms with Crippen molar-refractivity contribution in [3.63, 3.8) is 0 Å². The summed E-state index contributed by atoms with van der Waals surface area (Å²) in [5.74, 6) is -0.231. The SMILES string of the molecule is O=C(O)C1CSCN1C(=O)c1ccccc1. The van der Waals surface area contributed by atoms with Gasteiger partial charge in [-0.1, -0.05) is 18.2 Å². The lowest BCUT2D eigenvalue weighted by Crippen LogP contribution is -2.41. The van der Waals surface area contributed by atoms with Gasteiger partial charge in [0.1, 0.15) is 6.04 Å². The normalized spacial score (nSPS) is 19.8. The van der Waals surface area contributed by atoms with Crippen molar-refractivity contribution in [2.75, 3.05) is 11.6 Å². The van der Waals surface area contributed by atoms with Crippen LogP contribution in [-0.2, 0) is 4.79 Å². The van der Waals surface area contributed by atoms with E-state index in [-0.39, 0.29) is 5.91 Å². The van der Waals surface area contributed by atoms with Crippen LogP contribution in [0.4, 0.5) is 0 Å². The Morgan fingerprint density at radius 2 is 2.00 bits per heavy atom. The highest BCUT2D eigenvalue weighted by Crippen LogP contribution is 2.23. The second-order valence-electron chi connectivity index (χ2n) is 3.49. The molecule has 1 saturated heterocycles. The van der Waals surface area contributed by atoms with Gasteiger partial charge in [0.15, 0.2) is 0 Å². The van der Waals surface area contributed by atoms with Gasteiger partial charge in [0.2, 0.25) is 0 Å². The molecule has 1 heterocycles. The van der Waals surface area contributed by atoms with Gasteiger partial charge < -0.3 is 10.0 Å². The van der Waals surface area contributed by atoms with Gasteiger partial charge in [-0.3, -0.25) is 4.79 Å². The van der Waals surface area contributed by atoms with Gasteiger partial charge in [-0.05, 0) is 12.1 Å². The first-order chi connectivity index (χ1) is 7.70. The fraction of sp³-hybridized carbons (Fsp3) is 0.273. The number of nitrogens with zero attached hydrogens (tertiary/aromatic N) is 1. The number of benzene rings is 1. The number of rotatable bonds is 2. The van der Waals surface area contributed by atoms with E-state index < -0.39 is 12.0 Å². The summed E-state index contributed by atoms with van der Waals surface area (Å²) in [6.45, 7) is 0. The van der Waals surface area contributed by atoms with Crippen molar-refractivity contribution in [3.8, 4) is 0 Å². The highest BCUT2D eigenvalue weighted by Gasteiger charge is 2.34. The van der Waals surface area contributed by atoms with Gasteiger partial charge in [0.05, 0.1) is 5.88 Å². The Morgan fingerprint density at radius 1 is 1.31 bits per heavy atom. The van der Waals surface area contributed by atoms with Gasteiger partial charge in [-0.2, -0.15) is 0 Å². The predicted octanol–water partition coefficient (Wildman–Crippen LogP) is 1.29. The Hall–Kier alpha value is -1.49. The lowest BCUT2D eigenvalue weighted by atomic mass is 10.2. The summed E-state index contributed by atoms with van der Waals surface area (Å²) >= 11 is 1.47. The van der Waals surface area contributed by atoms with Gasteiger partial charge in [0.25, 0.3) is 5.91 Å². The number of carboxylic acids is 1. The van der Waals surface area contributed by atoms with Crippen LogP contribution in [0.15, 0.2) is 30.3 Å². The molecule has 0 aliphatic carbocycles. The molecule has 1 atom stereocenters. The maximum Gasteiger partial charge on any atom is 0.327 e. The number of carbonyl (C=O) groups is 2. The van der Waals surface area contributed by atoms with Crippen molar-refractivity contribution in [2.45, 2.75) is 6.04 Å². The highest BCUT2D eigenvalue weighted by molar-refractivity contribution is 7.99. The molecule has 1 aliphatic heterocycles. The summed E-state index contributed by atoms with van der Waals surface area (Å²) < 4.78 is 0. The lowest BCUT2D eigenvalue weighted by molar-refractivity contribution is -0.140. The Morgan fingerprint density at radius 3 is 2.62 bits per heavy atom. The summed E-state index contributed by atoms with van der Waals surface area (Å²) in [5.41, 5.74) is 0.538.